The minimum Gasteiger partial charge on any atom is -0.344 e. The lowest BCUT2D eigenvalue weighted by molar-refractivity contribution is -0.126. The molecule has 0 aliphatic carbocycles. The molecule has 0 bridgehead atoms. The number of aryl methyl sites for hydroxylation is 2. The minimum atomic E-state index is -0.563. The molecule has 0 aliphatic rings. The molecule has 1 heterocycles. The molecular formula is C16H21N3O2S. The van der Waals surface area contributed by atoms with Gasteiger partial charge in [-0.2, -0.15) is 0 Å². The maximum Gasteiger partial charge on any atom is 0.248 e. The van der Waals surface area contributed by atoms with Gasteiger partial charge in [0.25, 0.3) is 0 Å². The number of benzene rings is 1. The number of fused-ring (bicyclic) bond motifs is 1. The van der Waals surface area contributed by atoms with E-state index in [0.29, 0.717) is 5.13 Å². The van der Waals surface area contributed by atoms with Gasteiger partial charge in [0.15, 0.2) is 5.13 Å². The summed E-state index contributed by atoms with van der Waals surface area (Å²) < 4.78 is 1.08. The number of amides is 2. The zero-order chi connectivity index (χ0) is 16.4. The van der Waals surface area contributed by atoms with E-state index in [1.165, 1.54) is 18.3 Å². The Morgan fingerprint density at radius 1 is 1.18 bits per heavy atom. The van der Waals surface area contributed by atoms with Crippen molar-refractivity contribution < 1.29 is 9.59 Å². The minimum absolute atomic E-state index is 0.00162. The van der Waals surface area contributed by atoms with Crippen molar-refractivity contribution >= 4 is 38.5 Å². The number of rotatable bonds is 4. The third-order valence-corrected chi connectivity index (χ3v) is 4.59. The molecule has 2 aromatic rings. The Bertz CT molecular complexity index is 682. The van der Waals surface area contributed by atoms with Gasteiger partial charge in [0.2, 0.25) is 11.8 Å². The van der Waals surface area contributed by atoms with E-state index < -0.39 is 6.04 Å². The first-order chi connectivity index (χ1) is 10.3. The van der Waals surface area contributed by atoms with Gasteiger partial charge in [0, 0.05) is 6.92 Å². The Hall–Kier alpha value is -1.95. The highest BCUT2D eigenvalue weighted by Gasteiger charge is 2.24. The lowest BCUT2D eigenvalue weighted by Crippen LogP contribution is -2.46. The standard InChI is InChI=1S/C16H21N3O2S/c1-8(2)12(17-11(5)20)15(21)19-16-18-13-9(3)6-7-10(4)14(13)22-16/h6-8,12H,1-5H3,(H,17,20)(H,18,19,21)/t12-/m1/s1. The van der Waals surface area contributed by atoms with Crippen LogP contribution in [-0.4, -0.2) is 22.8 Å². The van der Waals surface area contributed by atoms with Crippen LogP contribution in [0.5, 0.6) is 0 Å². The van der Waals surface area contributed by atoms with E-state index in [9.17, 15) is 9.59 Å². The van der Waals surface area contributed by atoms with E-state index in [4.69, 9.17) is 0 Å². The Morgan fingerprint density at radius 3 is 2.36 bits per heavy atom. The van der Waals surface area contributed by atoms with Crippen LogP contribution in [0.2, 0.25) is 0 Å². The van der Waals surface area contributed by atoms with E-state index in [1.807, 2.05) is 33.8 Å². The molecule has 0 aliphatic heterocycles. The van der Waals surface area contributed by atoms with Crippen molar-refractivity contribution in [2.75, 3.05) is 5.32 Å². The predicted molar refractivity (Wildman–Crippen MR) is 90.2 cm³/mol. The van der Waals surface area contributed by atoms with Crippen LogP contribution in [0, 0.1) is 19.8 Å². The van der Waals surface area contributed by atoms with E-state index in [1.54, 1.807) is 0 Å². The monoisotopic (exact) mass is 319 g/mol. The first-order valence-electron chi connectivity index (χ1n) is 7.24. The van der Waals surface area contributed by atoms with Crippen LogP contribution in [0.4, 0.5) is 5.13 Å². The first kappa shape index (κ1) is 16.4. The fourth-order valence-electron chi connectivity index (χ4n) is 2.25. The smallest absolute Gasteiger partial charge is 0.248 e. The highest BCUT2D eigenvalue weighted by molar-refractivity contribution is 7.22. The number of anilines is 1. The molecule has 0 fully saturated rings. The summed E-state index contributed by atoms with van der Waals surface area (Å²) in [4.78, 5) is 28.1. The van der Waals surface area contributed by atoms with Crippen LogP contribution in [0.3, 0.4) is 0 Å². The average molecular weight is 319 g/mol. The normalized spacial score (nSPS) is 12.5. The zero-order valence-corrected chi connectivity index (χ0v) is 14.3. The van der Waals surface area contributed by atoms with Crippen molar-refractivity contribution in [3.63, 3.8) is 0 Å². The number of thiazole rings is 1. The molecule has 1 aromatic heterocycles. The number of carbonyl (C=O) groups excluding carboxylic acids is 2. The quantitative estimate of drug-likeness (QED) is 0.910. The fourth-order valence-corrected chi connectivity index (χ4v) is 3.26. The van der Waals surface area contributed by atoms with Gasteiger partial charge in [-0.1, -0.05) is 37.3 Å². The van der Waals surface area contributed by atoms with Gasteiger partial charge >= 0.3 is 0 Å². The highest BCUT2D eigenvalue weighted by Crippen LogP contribution is 2.31. The van der Waals surface area contributed by atoms with Crippen molar-refractivity contribution in [3.8, 4) is 0 Å². The van der Waals surface area contributed by atoms with Gasteiger partial charge in [-0.3, -0.25) is 9.59 Å². The lowest BCUT2D eigenvalue weighted by atomic mass is 10.0. The number of aromatic nitrogens is 1. The highest BCUT2D eigenvalue weighted by atomic mass is 32.1. The number of hydrogen-bond acceptors (Lipinski definition) is 4. The van der Waals surface area contributed by atoms with Gasteiger partial charge < -0.3 is 10.6 Å². The fraction of sp³-hybridized carbons (Fsp3) is 0.438. The first-order valence-corrected chi connectivity index (χ1v) is 8.06. The summed E-state index contributed by atoms with van der Waals surface area (Å²) in [5, 5.41) is 6.07. The summed E-state index contributed by atoms with van der Waals surface area (Å²) >= 11 is 1.46. The second-order valence-corrected chi connectivity index (χ2v) is 6.81. The summed E-state index contributed by atoms with van der Waals surface area (Å²) in [6.45, 7) is 9.23. The zero-order valence-electron chi connectivity index (χ0n) is 13.5. The average Bonchev–Trinajstić information content (AvgIpc) is 2.84. The molecule has 118 valence electrons. The Balaban J connectivity index is 2.26. The molecule has 0 saturated carbocycles. The third kappa shape index (κ3) is 3.44. The largest absolute Gasteiger partial charge is 0.344 e. The topological polar surface area (TPSA) is 71.1 Å². The van der Waals surface area contributed by atoms with Crippen LogP contribution in [-0.2, 0) is 9.59 Å². The van der Waals surface area contributed by atoms with E-state index in [0.717, 1.165) is 21.3 Å². The van der Waals surface area contributed by atoms with Crippen molar-refractivity contribution in [3.05, 3.63) is 23.3 Å². The second kappa shape index (κ2) is 6.44. The van der Waals surface area contributed by atoms with E-state index >= 15 is 0 Å². The van der Waals surface area contributed by atoms with E-state index in [2.05, 4.69) is 21.7 Å². The van der Waals surface area contributed by atoms with Gasteiger partial charge in [0.1, 0.15) is 6.04 Å². The number of nitrogens with zero attached hydrogens (tertiary/aromatic N) is 1. The Labute approximate surface area is 134 Å². The number of carbonyl (C=O) groups is 2. The molecule has 2 rings (SSSR count). The molecule has 0 spiro atoms. The Morgan fingerprint density at radius 2 is 1.82 bits per heavy atom. The molecule has 6 heteroatoms. The summed E-state index contributed by atoms with van der Waals surface area (Å²) in [7, 11) is 0. The molecule has 5 nitrogen and oxygen atoms in total. The molecule has 2 N–H and O–H groups in total. The van der Waals surface area contributed by atoms with Crippen LogP contribution in [0.1, 0.15) is 31.9 Å². The summed E-state index contributed by atoms with van der Waals surface area (Å²) in [5.41, 5.74) is 3.14. The summed E-state index contributed by atoms with van der Waals surface area (Å²) in [5.74, 6) is -0.453. The van der Waals surface area contributed by atoms with Crippen molar-refractivity contribution in [2.24, 2.45) is 5.92 Å². The molecule has 0 saturated heterocycles. The van der Waals surface area contributed by atoms with Crippen LogP contribution >= 0.6 is 11.3 Å². The third-order valence-electron chi connectivity index (χ3n) is 3.48. The van der Waals surface area contributed by atoms with Gasteiger partial charge in [0.05, 0.1) is 10.2 Å². The predicted octanol–water partition coefficient (Wildman–Crippen LogP) is 3.01. The van der Waals surface area contributed by atoms with Gasteiger partial charge in [-0.05, 0) is 30.9 Å². The van der Waals surface area contributed by atoms with E-state index in [-0.39, 0.29) is 17.7 Å². The maximum absolute atomic E-state index is 12.4. The lowest BCUT2D eigenvalue weighted by Gasteiger charge is -2.20. The number of nitrogens with one attached hydrogen (secondary N) is 2. The van der Waals surface area contributed by atoms with Crippen molar-refractivity contribution in [1.29, 1.82) is 0 Å². The molecule has 22 heavy (non-hydrogen) atoms. The summed E-state index contributed by atoms with van der Waals surface area (Å²) in [6.07, 6.45) is 0. The maximum atomic E-state index is 12.4. The molecular weight excluding hydrogens is 298 g/mol. The molecule has 0 radical (unpaired) electrons. The van der Waals surface area contributed by atoms with Crippen molar-refractivity contribution in [1.82, 2.24) is 10.3 Å². The number of hydrogen-bond donors (Lipinski definition) is 2. The Kier molecular flexibility index (Phi) is 4.81. The molecule has 0 unspecified atom stereocenters. The molecule has 2 amide bonds. The SMILES string of the molecule is CC(=O)N[C@@H](C(=O)Nc1nc2c(C)ccc(C)c2s1)C(C)C. The van der Waals surface area contributed by atoms with Crippen LogP contribution in [0.15, 0.2) is 12.1 Å². The van der Waals surface area contributed by atoms with Gasteiger partial charge in [-0.25, -0.2) is 4.98 Å². The van der Waals surface area contributed by atoms with Crippen LogP contribution in [0.25, 0.3) is 10.2 Å². The van der Waals surface area contributed by atoms with Crippen molar-refractivity contribution in [2.45, 2.75) is 40.7 Å². The molecule has 1 aromatic carbocycles. The summed E-state index contributed by atoms with van der Waals surface area (Å²) in [6, 6.07) is 3.51. The molecule has 1 atom stereocenters. The van der Waals surface area contributed by atoms with Gasteiger partial charge in [-0.15, -0.1) is 0 Å². The second-order valence-electron chi connectivity index (χ2n) is 5.81. The van der Waals surface area contributed by atoms with Crippen LogP contribution < -0.4 is 10.6 Å².